The fourth-order valence-electron chi connectivity index (χ4n) is 3.42. The summed E-state index contributed by atoms with van der Waals surface area (Å²) >= 11 is 13.9. The maximum absolute atomic E-state index is 6.39. The largest absolute Gasteiger partial charge is 0.307 e. The van der Waals surface area contributed by atoms with Crippen molar-refractivity contribution in [3.63, 3.8) is 0 Å². The zero-order valence-electron chi connectivity index (χ0n) is 16.1. The van der Waals surface area contributed by atoms with E-state index in [1.54, 1.807) is 27.5 Å². The van der Waals surface area contributed by atoms with Crippen molar-refractivity contribution in [2.75, 3.05) is 5.32 Å². The summed E-state index contributed by atoms with van der Waals surface area (Å²) in [6.07, 6.45) is 3.21. The van der Waals surface area contributed by atoms with Crippen LogP contribution in [0.5, 0.6) is 0 Å². The summed E-state index contributed by atoms with van der Waals surface area (Å²) in [6.45, 7) is 0. The molecule has 11 heteroatoms. The highest BCUT2D eigenvalue weighted by Gasteiger charge is 2.16. The second kappa shape index (κ2) is 7.56. The number of hydrogen-bond acceptors (Lipinski definition) is 7. The summed E-state index contributed by atoms with van der Waals surface area (Å²) in [5.41, 5.74) is 3.25. The van der Waals surface area contributed by atoms with E-state index in [1.165, 1.54) is 17.7 Å². The molecule has 0 atom stereocenters. The lowest BCUT2D eigenvalue weighted by Gasteiger charge is -2.04. The fourth-order valence-corrected chi connectivity index (χ4v) is 4.75. The van der Waals surface area contributed by atoms with Crippen molar-refractivity contribution in [1.82, 2.24) is 34.3 Å². The Balaban J connectivity index is 1.39. The van der Waals surface area contributed by atoms with Crippen LogP contribution in [0.1, 0.15) is 0 Å². The van der Waals surface area contributed by atoms with Crippen LogP contribution in [-0.4, -0.2) is 34.3 Å². The summed E-state index contributed by atoms with van der Waals surface area (Å²) in [7, 11) is 0. The van der Waals surface area contributed by atoms with E-state index in [4.69, 9.17) is 23.2 Å². The molecule has 0 radical (unpaired) electrons. The van der Waals surface area contributed by atoms with Gasteiger partial charge >= 0.3 is 0 Å². The van der Waals surface area contributed by atoms with Crippen LogP contribution in [0.25, 0.3) is 32.9 Å². The highest BCUT2D eigenvalue weighted by molar-refractivity contribution is 7.15. The summed E-state index contributed by atoms with van der Waals surface area (Å²) in [5.74, 6) is 0.983. The van der Waals surface area contributed by atoms with Crippen LogP contribution >= 0.6 is 34.5 Å². The molecule has 0 saturated carbocycles. The highest BCUT2D eigenvalue weighted by atomic mass is 35.5. The molecule has 4 aromatic heterocycles. The molecule has 0 aliphatic carbocycles. The third-order valence-corrected chi connectivity index (χ3v) is 6.25. The Bertz CT molecular complexity index is 1590. The van der Waals surface area contributed by atoms with Gasteiger partial charge in [0.15, 0.2) is 5.65 Å². The third kappa shape index (κ3) is 3.18. The van der Waals surface area contributed by atoms with Gasteiger partial charge in [0.25, 0.3) is 0 Å². The van der Waals surface area contributed by atoms with Gasteiger partial charge in [0.1, 0.15) is 12.1 Å². The van der Waals surface area contributed by atoms with Gasteiger partial charge in [0.2, 0.25) is 10.9 Å². The quantitative estimate of drug-likeness (QED) is 0.352. The Labute approximate surface area is 195 Å². The lowest BCUT2D eigenvalue weighted by Crippen LogP contribution is -2.00. The Hall–Kier alpha value is -3.53. The second-order valence-electron chi connectivity index (χ2n) is 6.85. The van der Waals surface area contributed by atoms with E-state index < -0.39 is 0 Å². The van der Waals surface area contributed by atoms with Crippen molar-refractivity contribution in [2.45, 2.75) is 0 Å². The number of rotatable bonds is 4. The van der Waals surface area contributed by atoms with E-state index in [2.05, 4.69) is 30.5 Å². The van der Waals surface area contributed by atoms with Crippen molar-refractivity contribution < 1.29 is 0 Å². The molecule has 6 rings (SSSR count). The number of fused-ring (bicyclic) bond motifs is 2. The number of nitrogens with zero attached hydrogens (tertiary/aromatic N) is 7. The van der Waals surface area contributed by atoms with Gasteiger partial charge in [-0.25, -0.2) is 19.2 Å². The number of hydrogen-bond donors (Lipinski definition) is 1. The molecule has 0 fully saturated rings. The Morgan fingerprint density at radius 2 is 1.88 bits per heavy atom. The van der Waals surface area contributed by atoms with Crippen molar-refractivity contribution in [2.24, 2.45) is 0 Å². The van der Waals surface area contributed by atoms with Gasteiger partial charge in [-0.3, -0.25) is 0 Å². The number of para-hydroxylation sites is 1. The van der Waals surface area contributed by atoms with Gasteiger partial charge in [-0.05, 0) is 30.3 Å². The topological polar surface area (TPSA) is 85.8 Å². The minimum atomic E-state index is 0.413. The molecule has 6 aromatic rings. The maximum Gasteiger partial charge on any atom is 0.249 e. The van der Waals surface area contributed by atoms with Crippen molar-refractivity contribution in [1.29, 1.82) is 0 Å². The van der Waals surface area contributed by atoms with E-state index in [0.717, 1.165) is 27.3 Å². The first-order valence-electron chi connectivity index (χ1n) is 9.48. The van der Waals surface area contributed by atoms with E-state index >= 15 is 0 Å². The van der Waals surface area contributed by atoms with Crippen LogP contribution in [0.3, 0.4) is 0 Å². The van der Waals surface area contributed by atoms with Crippen LogP contribution in [0, 0.1) is 0 Å². The van der Waals surface area contributed by atoms with E-state index in [0.29, 0.717) is 27.5 Å². The average Bonchev–Trinajstić information content (AvgIpc) is 3.49. The minimum absolute atomic E-state index is 0.413. The smallest absolute Gasteiger partial charge is 0.249 e. The lowest BCUT2D eigenvalue weighted by molar-refractivity contribution is 0.895. The molecule has 32 heavy (non-hydrogen) atoms. The van der Waals surface area contributed by atoms with Gasteiger partial charge in [-0.2, -0.15) is 10.1 Å². The molecule has 4 heterocycles. The van der Waals surface area contributed by atoms with Gasteiger partial charge in [0.05, 0.1) is 28.0 Å². The monoisotopic (exact) mass is 478 g/mol. The molecule has 0 aliphatic rings. The molecule has 0 bridgehead atoms. The number of aromatic nitrogens is 7. The molecule has 2 aromatic carbocycles. The minimum Gasteiger partial charge on any atom is -0.307 e. The predicted molar refractivity (Wildman–Crippen MR) is 126 cm³/mol. The Kier molecular flexibility index (Phi) is 4.53. The van der Waals surface area contributed by atoms with Crippen LogP contribution in [-0.2, 0) is 0 Å². The van der Waals surface area contributed by atoms with Crippen LogP contribution in [0.4, 0.5) is 11.8 Å². The summed E-state index contributed by atoms with van der Waals surface area (Å²) in [5, 5.41) is 16.1. The molecule has 0 aliphatic heterocycles. The van der Waals surface area contributed by atoms with E-state index in [-0.39, 0.29) is 0 Å². The molecular formula is C21H12Cl2N8S. The summed E-state index contributed by atoms with van der Waals surface area (Å²) in [6, 6.07) is 15.2. The lowest BCUT2D eigenvalue weighted by atomic mass is 10.2. The van der Waals surface area contributed by atoms with Crippen LogP contribution in [0.15, 0.2) is 66.4 Å². The molecule has 0 unspecified atom stereocenters. The van der Waals surface area contributed by atoms with Crippen molar-refractivity contribution >= 4 is 62.3 Å². The van der Waals surface area contributed by atoms with Gasteiger partial charge in [-0.15, -0.1) is 16.4 Å². The zero-order valence-corrected chi connectivity index (χ0v) is 18.5. The number of benzene rings is 2. The van der Waals surface area contributed by atoms with Crippen LogP contribution < -0.4 is 5.32 Å². The molecular weight excluding hydrogens is 467 g/mol. The fraction of sp³-hybridized carbons (Fsp3) is 0. The highest BCUT2D eigenvalue weighted by Crippen LogP contribution is 2.33. The first kappa shape index (κ1) is 19.2. The number of anilines is 2. The molecule has 0 saturated heterocycles. The zero-order chi connectivity index (χ0) is 21.7. The second-order valence-corrected chi connectivity index (χ2v) is 8.53. The summed E-state index contributed by atoms with van der Waals surface area (Å²) < 4.78 is 3.51. The molecule has 0 spiro atoms. The SMILES string of the molecule is Clc1ccc(-c2csc3nc(Nc4ncnc5c4cnn5-c4ccccc4)nn23)c(Cl)c1. The van der Waals surface area contributed by atoms with Crippen molar-refractivity contribution in [3.05, 3.63) is 76.5 Å². The Morgan fingerprint density at radius 3 is 2.72 bits per heavy atom. The number of thiazole rings is 1. The first-order valence-corrected chi connectivity index (χ1v) is 11.1. The predicted octanol–water partition coefficient (Wildman–Crippen LogP) is 5.64. The third-order valence-electron chi connectivity index (χ3n) is 4.89. The maximum atomic E-state index is 6.39. The molecule has 156 valence electrons. The standard InChI is InChI=1S/C21H12Cl2N8S/c22-12-6-7-14(16(23)8-12)17-10-32-21-28-20(29-31(17)21)27-18-15-9-26-30(19(15)25-11-24-18)13-4-2-1-3-5-13/h1-11H,(H,24,25,27,29). The first-order chi connectivity index (χ1) is 15.7. The van der Waals surface area contributed by atoms with Crippen LogP contribution in [0.2, 0.25) is 10.0 Å². The number of halogens is 2. The normalized spacial score (nSPS) is 11.4. The van der Waals surface area contributed by atoms with E-state index in [1.807, 2.05) is 41.8 Å². The van der Waals surface area contributed by atoms with E-state index in [9.17, 15) is 0 Å². The number of nitrogens with one attached hydrogen (secondary N) is 1. The van der Waals surface area contributed by atoms with Crippen molar-refractivity contribution in [3.8, 4) is 16.9 Å². The Morgan fingerprint density at radius 1 is 1.00 bits per heavy atom. The average molecular weight is 479 g/mol. The molecule has 0 amide bonds. The van der Waals surface area contributed by atoms with Gasteiger partial charge < -0.3 is 5.32 Å². The molecule has 8 nitrogen and oxygen atoms in total. The molecule has 1 N–H and O–H groups in total. The van der Waals surface area contributed by atoms with Gasteiger partial charge in [-0.1, -0.05) is 41.4 Å². The van der Waals surface area contributed by atoms with Gasteiger partial charge in [0, 0.05) is 16.0 Å². The summed E-state index contributed by atoms with van der Waals surface area (Å²) in [4.78, 5) is 14.1.